The molecule has 1 aliphatic rings. The molecule has 1 saturated heterocycles. The highest BCUT2D eigenvalue weighted by atomic mass is 32.2. The van der Waals surface area contributed by atoms with E-state index in [1.165, 1.54) is 0 Å². The number of sulfone groups is 1. The van der Waals surface area contributed by atoms with E-state index in [1.807, 2.05) is 7.05 Å². The van der Waals surface area contributed by atoms with Crippen LogP contribution in [0, 0.1) is 0 Å². The second-order valence-corrected chi connectivity index (χ2v) is 6.82. The molecule has 0 aromatic rings. The molecule has 0 bridgehead atoms. The summed E-state index contributed by atoms with van der Waals surface area (Å²) in [7, 11) is -0.886. The van der Waals surface area contributed by atoms with Crippen molar-refractivity contribution < 1.29 is 8.42 Å². The molecule has 2 atom stereocenters. The Labute approximate surface area is 92.7 Å². The monoisotopic (exact) mass is 234 g/mol. The van der Waals surface area contributed by atoms with Crippen molar-refractivity contribution in [2.45, 2.75) is 38.3 Å². The summed E-state index contributed by atoms with van der Waals surface area (Å²) in [4.78, 5) is 2.15. The third kappa shape index (κ3) is 2.52. The van der Waals surface area contributed by atoms with Gasteiger partial charge >= 0.3 is 0 Å². The number of nitrogens with two attached hydrogens (primary N) is 1. The van der Waals surface area contributed by atoms with Gasteiger partial charge in [0.25, 0.3) is 0 Å². The summed E-state index contributed by atoms with van der Waals surface area (Å²) < 4.78 is 23.1. The van der Waals surface area contributed by atoms with Gasteiger partial charge in [0.2, 0.25) is 0 Å². The summed E-state index contributed by atoms with van der Waals surface area (Å²) >= 11 is 0. The zero-order chi connectivity index (χ0) is 11.7. The van der Waals surface area contributed by atoms with Crippen molar-refractivity contribution in [3.63, 3.8) is 0 Å². The molecule has 0 amide bonds. The number of rotatable bonds is 4. The lowest BCUT2D eigenvalue weighted by Gasteiger charge is -2.40. The third-order valence-corrected chi connectivity index (χ3v) is 5.55. The maximum Gasteiger partial charge on any atom is 0.152 e. The number of hydrogen-bond acceptors (Lipinski definition) is 4. The smallest absolute Gasteiger partial charge is 0.152 e. The molecule has 4 nitrogen and oxygen atoms in total. The fourth-order valence-corrected chi connectivity index (χ4v) is 4.34. The van der Waals surface area contributed by atoms with Crippen LogP contribution in [0.25, 0.3) is 0 Å². The Kier molecular flexibility index (Phi) is 3.79. The molecule has 2 unspecified atom stereocenters. The predicted molar refractivity (Wildman–Crippen MR) is 62.6 cm³/mol. The Balaban J connectivity index is 2.88. The van der Waals surface area contributed by atoms with E-state index < -0.39 is 9.84 Å². The molecule has 2 N–H and O–H groups in total. The van der Waals surface area contributed by atoms with E-state index in [-0.39, 0.29) is 17.0 Å². The topological polar surface area (TPSA) is 63.4 Å². The van der Waals surface area contributed by atoms with Crippen LogP contribution >= 0.6 is 0 Å². The summed E-state index contributed by atoms with van der Waals surface area (Å²) in [5.74, 6) is 0.502. The molecule has 0 spiro atoms. The molecule has 1 fully saturated rings. The van der Waals surface area contributed by atoms with Crippen LogP contribution in [-0.2, 0) is 9.84 Å². The fraction of sp³-hybridized carbons (Fsp3) is 1.00. The Hall–Kier alpha value is -0.130. The maximum absolute atomic E-state index is 11.5. The first-order valence-corrected chi connectivity index (χ1v) is 7.32. The fourth-order valence-electron chi connectivity index (χ4n) is 2.22. The Morgan fingerprint density at radius 1 is 1.53 bits per heavy atom. The molecule has 1 aliphatic heterocycles. The molecule has 1 heterocycles. The largest absolute Gasteiger partial charge is 0.329 e. The summed E-state index contributed by atoms with van der Waals surface area (Å²) in [6, 6.07) is 0.377. The van der Waals surface area contributed by atoms with E-state index in [0.717, 1.165) is 6.42 Å². The first-order chi connectivity index (χ1) is 6.87. The number of hydrogen-bond donors (Lipinski definition) is 1. The lowest BCUT2D eigenvalue weighted by Crippen LogP contribution is -2.56. The zero-order valence-corrected chi connectivity index (χ0v) is 10.7. The van der Waals surface area contributed by atoms with Crippen molar-refractivity contribution in [2.24, 2.45) is 5.73 Å². The highest BCUT2D eigenvalue weighted by molar-refractivity contribution is 7.91. The molecule has 15 heavy (non-hydrogen) atoms. The van der Waals surface area contributed by atoms with Crippen LogP contribution in [-0.4, -0.2) is 50.0 Å². The van der Waals surface area contributed by atoms with Crippen molar-refractivity contribution in [1.29, 1.82) is 0 Å². The summed E-state index contributed by atoms with van der Waals surface area (Å²) in [5.41, 5.74) is 5.45. The van der Waals surface area contributed by atoms with Gasteiger partial charge in [0.05, 0.1) is 11.5 Å². The first-order valence-electron chi connectivity index (χ1n) is 5.50. The second-order valence-electron chi connectivity index (χ2n) is 4.64. The van der Waals surface area contributed by atoms with Gasteiger partial charge in [0, 0.05) is 18.1 Å². The minimum Gasteiger partial charge on any atom is -0.329 e. The van der Waals surface area contributed by atoms with Gasteiger partial charge in [0.15, 0.2) is 9.84 Å². The van der Waals surface area contributed by atoms with Crippen LogP contribution in [0.2, 0.25) is 0 Å². The molecule has 1 rings (SSSR count). The van der Waals surface area contributed by atoms with Gasteiger partial charge < -0.3 is 5.73 Å². The van der Waals surface area contributed by atoms with Gasteiger partial charge in [-0.3, -0.25) is 4.90 Å². The van der Waals surface area contributed by atoms with Crippen molar-refractivity contribution >= 4 is 9.84 Å². The third-order valence-electron chi connectivity index (χ3n) is 3.75. The minimum atomic E-state index is -2.87. The highest BCUT2D eigenvalue weighted by Gasteiger charge is 2.45. The lowest BCUT2D eigenvalue weighted by atomic mass is 9.95. The van der Waals surface area contributed by atoms with E-state index >= 15 is 0 Å². The highest BCUT2D eigenvalue weighted by Crippen LogP contribution is 2.29. The molecular formula is C10H22N2O2S. The van der Waals surface area contributed by atoms with Crippen molar-refractivity contribution in [3.8, 4) is 0 Å². The van der Waals surface area contributed by atoms with Crippen molar-refractivity contribution in [1.82, 2.24) is 4.90 Å². The van der Waals surface area contributed by atoms with Gasteiger partial charge in [-0.2, -0.15) is 0 Å². The van der Waals surface area contributed by atoms with E-state index in [0.29, 0.717) is 19.0 Å². The van der Waals surface area contributed by atoms with E-state index in [9.17, 15) is 8.42 Å². The summed E-state index contributed by atoms with van der Waals surface area (Å²) in [6.07, 6.45) is 1.69. The van der Waals surface area contributed by atoms with Crippen LogP contribution in [0.3, 0.4) is 0 Å². The SMILES string of the molecule is CCC(C)N(C)C1(CN)CCS(=O)(=O)C1. The molecule has 0 aromatic heterocycles. The molecular weight excluding hydrogens is 212 g/mol. The Morgan fingerprint density at radius 3 is 2.47 bits per heavy atom. The van der Waals surface area contributed by atoms with Gasteiger partial charge in [-0.05, 0) is 26.8 Å². The average molecular weight is 234 g/mol. The van der Waals surface area contributed by atoms with E-state index in [1.54, 1.807) is 0 Å². The van der Waals surface area contributed by atoms with Crippen LogP contribution in [0.5, 0.6) is 0 Å². The number of likely N-dealkylation sites (N-methyl/N-ethyl adjacent to an activating group) is 1. The van der Waals surface area contributed by atoms with Gasteiger partial charge in [0.1, 0.15) is 0 Å². The number of nitrogens with zero attached hydrogens (tertiary/aromatic N) is 1. The van der Waals surface area contributed by atoms with Crippen LogP contribution in [0.1, 0.15) is 26.7 Å². The zero-order valence-electron chi connectivity index (χ0n) is 9.86. The van der Waals surface area contributed by atoms with Crippen LogP contribution in [0.15, 0.2) is 0 Å². The summed E-state index contributed by atoms with van der Waals surface area (Å²) in [6.45, 7) is 4.64. The maximum atomic E-state index is 11.5. The van der Waals surface area contributed by atoms with Gasteiger partial charge in [-0.1, -0.05) is 6.92 Å². The van der Waals surface area contributed by atoms with Gasteiger partial charge in [-0.15, -0.1) is 0 Å². The first kappa shape index (κ1) is 12.9. The van der Waals surface area contributed by atoms with Gasteiger partial charge in [-0.25, -0.2) is 8.42 Å². The molecule has 0 aromatic carbocycles. The normalized spacial score (nSPS) is 32.1. The van der Waals surface area contributed by atoms with Crippen molar-refractivity contribution in [2.75, 3.05) is 25.1 Å². The quantitative estimate of drug-likeness (QED) is 0.756. The molecule has 90 valence electrons. The predicted octanol–water partition coefficient (Wildman–Crippen LogP) is 0.233. The average Bonchev–Trinajstić information content (AvgIpc) is 2.53. The summed E-state index contributed by atoms with van der Waals surface area (Å²) in [5, 5.41) is 0. The standard InChI is InChI=1S/C10H22N2O2S/c1-4-9(2)12(3)10(7-11)5-6-15(13,14)8-10/h9H,4-8,11H2,1-3H3. The molecule has 0 aliphatic carbocycles. The van der Waals surface area contributed by atoms with E-state index in [2.05, 4.69) is 18.7 Å². The molecule has 0 saturated carbocycles. The molecule has 5 heteroatoms. The van der Waals surface area contributed by atoms with Crippen molar-refractivity contribution in [3.05, 3.63) is 0 Å². The van der Waals surface area contributed by atoms with E-state index in [4.69, 9.17) is 5.73 Å². The second kappa shape index (κ2) is 4.39. The Morgan fingerprint density at radius 2 is 2.13 bits per heavy atom. The minimum absolute atomic E-state index is 0.220. The Bertz CT molecular complexity index is 315. The lowest BCUT2D eigenvalue weighted by molar-refractivity contribution is 0.104. The van der Waals surface area contributed by atoms with Crippen LogP contribution < -0.4 is 5.73 Å². The van der Waals surface area contributed by atoms with Crippen LogP contribution in [0.4, 0.5) is 0 Å². The molecule has 0 radical (unpaired) electrons.